The molecule has 1 N–H and O–H groups in total. The molecule has 1 aromatic carbocycles. The molecule has 9 nitrogen and oxygen atoms in total. The van der Waals surface area contributed by atoms with Crippen LogP contribution >= 0.6 is 11.3 Å². The molecule has 0 unspecified atom stereocenters. The van der Waals surface area contributed by atoms with Crippen LogP contribution in [0.15, 0.2) is 65.0 Å². The Morgan fingerprint density at radius 2 is 1.68 bits per heavy atom. The second-order valence-corrected chi connectivity index (χ2v) is 10.1. The van der Waals surface area contributed by atoms with E-state index in [-0.39, 0.29) is 10.8 Å². The first kappa shape index (κ1) is 22.0. The van der Waals surface area contributed by atoms with E-state index in [0.717, 1.165) is 22.7 Å². The minimum atomic E-state index is -3.94. The summed E-state index contributed by atoms with van der Waals surface area (Å²) >= 11 is 1.46. The Hall–Kier alpha value is -3.83. The fourth-order valence-corrected chi connectivity index (χ4v) is 5.20. The summed E-state index contributed by atoms with van der Waals surface area (Å²) in [6.45, 7) is 5.49. The predicted octanol–water partition coefficient (Wildman–Crippen LogP) is 5.31. The smallest absolute Gasteiger partial charge is 0.229 e. The molecule has 5 rings (SSSR count). The van der Waals surface area contributed by atoms with Crippen LogP contribution in [0.3, 0.4) is 0 Å². The average Bonchev–Trinajstić information content (AvgIpc) is 3.35. The highest BCUT2D eigenvalue weighted by molar-refractivity contribution is 7.94. The number of nitrogens with one attached hydrogen (secondary N) is 1. The summed E-state index contributed by atoms with van der Waals surface area (Å²) in [5, 5.41) is 5.87. The molecule has 11 heteroatoms. The highest BCUT2D eigenvalue weighted by Gasteiger charge is 2.15. The van der Waals surface area contributed by atoms with Gasteiger partial charge in [-0.3, -0.25) is 9.12 Å². The molecule has 5 aromatic rings. The van der Waals surface area contributed by atoms with Gasteiger partial charge in [-0.2, -0.15) is 0 Å². The fraction of sp³-hybridized carbons (Fsp3) is 0.130. The van der Waals surface area contributed by atoms with Crippen molar-refractivity contribution < 1.29 is 8.42 Å². The number of sulfonamides is 1. The quantitative estimate of drug-likeness (QED) is 0.343. The number of anilines is 2. The number of aromatic nitrogens is 5. The van der Waals surface area contributed by atoms with Gasteiger partial charge in [0, 0.05) is 23.2 Å². The average molecular weight is 491 g/mol. The minimum absolute atomic E-state index is 0.0574. The number of aryl methyl sites for hydroxylation is 3. The van der Waals surface area contributed by atoms with Crippen LogP contribution in [0.2, 0.25) is 0 Å². The normalized spacial score (nSPS) is 11.6. The highest BCUT2D eigenvalue weighted by Crippen LogP contribution is 2.31. The molecule has 34 heavy (non-hydrogen) atoms. The molecule has 0 spiro atoms. The zero-order valence-electron chi connectivity index (χ0n) is 18.6. The van der Waals surface area contributed by atoms with E-state index in [1.165, 1.54) is 23.5 Å². The van der Waals surface area contributed by atoms with Gasteiger partial charge in [0.15, 0.2) is 5.13 Å². The van der Waals surface area contributed by atoms with Crippen molar-refractivity contribution in [2.75, 3.05) is 5.32 Å². The van der Waals surface area contributed by atoms with Crippen LogP contribution in [0.4, 0.5) is 16.8 Å². The Morgan fingerprint density at radius 1 is 0.941 bits per heavy atom. The van der Waals surface area contributed by atoms with Crippen molar-refractivity contribution in [3.63, 3.8) is 0 Å². The van der Waals surface area contributed by atoms with Gasteiger partial charge in [-0.05, 0) is 68.6 Å². The van der Waals surface area contributed by atoms with Crippen molar-refractivity contribution in [1.82, 2.24) is 24.3 Å². The maximum absolute atomic E-state index is 12.7. The number of benzene rings is 1. The Kier molecular flexibility index (Phi) is 5.50. The van der Waals surface area contributed by atoms with E-state index >= 15 is 0 Å². The zero-order valence-corrected chi connectivity index (χ0v) is 20.2. The van der Waals surface area contributed by atoms with E-state index in [9.17, 15) is 8.42 Å². The van der Waals surface area contributed by atoms with Crippen LogP contribution in [0.5, 0.6) is 0 Å². The molecule has 0 bridgehead atoms. The van der Waals surface area contributed by atoms with Crippen LogP contribution in [0.25, 0.3) is 21.8 Å². The second kappa shape index (κ2) is 8.50. The highest BCUT2D eigenvalue weighted by atomic mass is 32.2. The van der Waals surface area contributed by atoms with Crippen molar-refractivity contribution in [2.24, 2.45) is 0 Å². The molecule has 0 saturated carbocycles. The van der Waals surface area contributed by atoms with Gasteiger partial charge >= 0.3 is 0 Å². The van der Waals surface area contributed by atoms with Crippen LogP contribution in [0.1, 0.15) is 17.1 Å². The van der Waals surface area contributed by atoms with Crippen LogP contribution in [0, 0.1) is 20.8 Å². The van der Waals surface area contributed by atoms with E-state index < -0.39 is 10.0 Å². The molecule has 0 amide bonds. The van der Waals surface area contributed by atoms with Crippen LogP contribution < -0.4 is 5.32 Å². The number of hydrogen-bond acceptors (Lipinski definition) is 8. The first-order chi connectivity index (χ1) is 16.3. The molecule has 0 fully saturated rings. The van der Waals surface area contributed by atoms with Crippen LogP contribution in [-0.2, 0) is 10.0 Å². The summed E-state index contributed by atoms with van der Waals surface area (Å²) in [6.07, 6.45) is 1.96. The second-order valence-electron chi connectivity index (χ2n) is 7.68. The number of rotatable bonds is 6. The third-order valence-electron chi connectivity index (χ3n) is 5.03. The molecule has 172 valence electrons. The van der Waals surface area contributed by atoms with Gasteiger partial charge in [-0.25, -0.2) is 18.4 Å². The fourth-order valence-electron chi connectivity index (χ4n) is 3.60. The third-order valence-corrected chi connectivity index (χ3v) is 7.06. The Balaban J connectivity index is 1.34. The topological polar surface area (TPSA) is 116 Å². The molecule has 4 heterocycles. The Morgan fingerprint density at radius 3 is 2.41 bits per heavy atom. The Bertz CT molecular complexity index is 1590. The minimum Gasteiger partial charge on any atom is -0.363 e. The molecular formula is C23H20N7O2S2-. The van der Waals surface area contributed by atoms with Gasteiger partial charge < -0.3 is 15.3 Å². The largest absolute Gasteiger partial charge is 0.363 e. The van der Waals surface area contributed by atoms with Crippen molar-refractivity contribution >= 4 is 43.8 Å². The lowest BCUT2D eigenvalue weighted by Crippen LogP contribution is -2.01. The molecule has 4 aromatic heterocycles. The standard InChI is InChI=1S/C23H20N7O2S2/c1-14-12-15(2)25-22(24-14)29-34(31,32)18-9-7-17(8-10-18)27-23-28-19(13-33-23)21-16(3)26-20-6-4-5-11-30(20)21/h4-13H,1-3H3,(H-,24,25,27,28,29)/q-1. The summed E-state index contributed by atoms with van der Waals surface area (Å²) in [4.78, 5) is 17.5. The lowest BCUT2D eigenvalue weighted by molar-refractivity contribution is 0.603. The SMILES string of the molecule is Cc1cc(C)nc([N-]S(=O)(=O)c2ccc(Nc3nc(-c4c(C)nc5ccccn45)cs3)cc2)n1. The van der Waals surface area contributed by atoms with Crippen molar-refractivity contribution in [1.29, 1.82) is 0 Å². The van der Waals surface area contributed by atoms with E-state index in [0.29, 0.717) is 22.2 Å². The van der Waals surface area contributed by atoms with E-state index in [1.807, 2.05) is 41.1 Å². The van der Waals surface area contributed by atoms with Gasteiger partial charge in [-0.15, -0.1) is 11.3 Å². The zero-order chi connectivity index (χ0) is 23.9. The summed E-state index contributed by atoms with van der Waals surface area (Å²) in [5.41, 5.74) is 5.54. The molecule has 0 aliphatic rings. The lowest BCUT2D eigenvalue weighted by atomic mass is 10.3. The monoisotopic (exact) mass is 490 g/mol. The number of pyridine rings is 1. The predicted molar refractivity (Wildman–Crippen MR) is 132 cm³/mol. The van der Waals surface area contributed by atoms with Gasteiger partial charge in [0.25, 0.3) is 0 Å². The molecule has 0 radical (unpaired) electrons. The lowest BCUT2D eigenvalue weighted by Gasteiger charge is -2.15. The number of imidazole rings is 1. The molecular weight excluding hydrogens is 470 g/mol. The first-order valence-electron chi connectivity index (χ1n) is 10.4. The molecule has 0 aliphatic carbocycles. The third kappa shape index (κ3) is 4.35. The van der Waals surface area contributed by atoms with Crippen molar-refractivity contribution in [3.05, 3.63) is 81.9 Å². The van der Waals surface area contributed by atoms with Crippen molar-refractivity contribution in [3.8, 4) is 11.4 Å². The summed E-state index contributed by atoms with van der Waals surface area (Å²) in [6, 6.07) is 13.9. The van der Waals surface area contributed by atoms with Gasteiger partial charge in [0.2, 0.25) is 10.0 Å². The van der Waals surface area contributed by atoms with Gasteiger partial charge in [-0.1, -0.05) is 12.1 Å². The maximum atomic E-state index is 12.7. The van der Waals surface area contributed by atoms with E-state index in [2.05, 4.69) is 25.0 Å². The summed E-state index contributed by atoms with van der Waals surface area (Å²) in [5.74, 6) is -0.0716. The Labute approximate surface area is 200 Å². The number of thiazole rings is 1. The van der Waals surface area contributed by atoms with E-state index in [4.69, 9.17) is 4.98 Å². The maximum Gasteiger partial charge on any atom is 0.229 e. The van der Waals surface area contributed by atoms with Crippen LogP contribution in [-0.4, -0.2) is 32.8 Å². The number of nitrogens with zero attached hydrogens (tertiary/aromatic N) is 6. The van der Waals surface area contributed by atoms with Gasteiger partial charge in [0.05, 0.1) is 16.3 Å². The summed E-state index contributed by atoms with van der Waals surface area (Å²) < 4.78 is 31.1. The summed E-state index contributed by atoms with van der Waals surface area (Å²) in [7, 11) is -3.94. The number of fused-ring (bicyclic) bond motifs is 1. The molecule has 0 aliphatic heterocycles. The van der Waals surface area contributed by atoms with Crippen molar-refractivity contribution in [2.45, 2.75) is 25.7 Å². The number of hydrogen-bond donors (Lipinski definition) is 1. The van der Waals surface area contributed by atoms with E-state index in [1.54, 1.807) is 32.0 Å². The molecule has 0 atom stereocenters. The first-order valence-corrected chi connectivity index (χ1v) is 12.7. The molecule has 0 saturated heterocycles. The van der Waals surface area contributed by atoms with Gasteiger partial charge in [0.1, 0.15) is 11.3 Å².